The number of hydrogen-bond donors (Lipinski definition) is 1. The third-order valence-electron chi connectivity index (χ3n) is 7.13. The van der Waals surface area contributed by atoms with Crippen molar-refractivity contribution in [3.8, 4) is 11.5 Å². The number of amides is 1. The standard InChI is InChI=1S/C27H25BrFN3O5/c1-3-36-23-13-17(12-20(28)24(23)37-15-16-8-4-6-10-21(16)29)18-14-31(2)27(25(18)32(34)35)19-9-5-7-11-22(19)30-26(27)33/h4-13,18,25H,3,14-15H2,1-2H3,(H,30,33)/t18-,25+,27+/m0/s1. The molecule has 1 spiro atoms. The lowest BCUT2D eigenvalue weighted by Crippen LogP contribution is -2.54. The van der Waals surface area contributed by atoms with Crippen LogP contribution in [0, 0.1) is 15.9 Å². The maximum atomic E-state index is 14.1. The number of likely N-dealkylation sites (tertiary alicyclic amines) is 1. The van der Waals surface area contributed by atoms with E-state index in [0.717, 1.165) is 0 Å². The van der Waals surface area contributed by atoms with E-state index >= 15 is 0 Å². The lowest BCUT2D eigenvalue weighted by Gasteiger charge is -2.30. The Morgan fingerprint density at radius 3 is 2.65 bits per heavy atom. The van der Waals surface area contributed by atoms with Crippen molar-refractivity contribution in [2.75, 3.05) is 25.5 Å². The Labute approximate surface area is 221 Å². The van der Waals surface area contributed by atoms with Crippen molar-refractivity contribution in [1.82, 2.24) is 4.90 Å². The molecule has 0 saturated carbocycles. The quantitative estimate of drug-likeness (QED) is 0.314. The number of nitrogens with one attached hydrogen (secondary N) is 1. The summed E-state index contributed by atoms with van der Waals surface area (Å²) in [5.74, 6) is -0.652. The molecule has 10 heteroatoms. The molecule has 3 aromatic carbocycles. The van der Waals surface area contributed by atoms with Gasteiger partial charge in [-0.2, -0.15) is 0 Å². The van der Waals surface area contributed by atoms with Gasteiger partial charge in [0.2, 0.25) is 0 Å². The van der Waals surface area contributed by atoms with E-state index in [4.69, 9.17) is 9.47 Å². The monoisotopic (exact) mass is 569 g/mol. The summed E-state index contributed by atoms with van der Waals surface area (Å²) in [6.07, 6.45) is 0. The average Bonchev–Trinajstić information content (AvgIpc) is 3.34. The molecule has 1 N–H and O–H groups in total. The first-order valence-corrected chi connectivity index (χ1v) is 12.7. The third kappa shape index (κ3) is 4.04. The number of ether oxygens (including phenoxy) is 2. The lowest BCUT2D eigenvalue weighted by atomic mass is 9.79. The van der Waals surface area contributed by atoms with Crippen molar-refractivity contribution >= 4 is 27.5 Å². The van der Waals surface area contributed by atoms with Crippen LogP contribution in [0.15, 0.2) is 65.1 Å². The summed E-state index contributed by atoms with van der Waals surface area (Å²) in [5.41, 5.74) is 0.764. The molecule has 2 heterocycles. The van der Waals surface area contributed by atoms with E-state index in [-0.39, 0.29) is 23.9 Å². The lowest BCUT2D eigenvalue weighted by molar-refractivity contribution is -0.534. The van der Waals surface area contributed by atoms with Crippen molar-refractivity contribution in [1.29, 1.82) is 0 Å². The van der Waals surface area contributed by atoms with Gasteiger partial charge in [-0.05, 0) is 59.7 Å². The fraction of sp³-hybridized carbons (Fsp3) is 0.296. The van der Waals surface area contributed by atoms with Gasteiger partial charge in [0.15, 0.2) is 17.0 Å². The van der Waals surface area contributed by atoms with Crippen LogP contribution in [0.2, 0.25) is 0 Å². The van der Waals surface area contributed by atoms with Gasteiger partial charge in [0.05, 0.1) is 17.0 Å². The smallest absolute Gasteiger partial charge is 0.256 e. The molecule has 8 nitrogen and oxygen atoms in total. The van der Waals surface area contributed by atoms with E-state index in [9.17, 15) is 19.3 Å². The Morgan fingerprint density at radius 2 is 1.92 bits per heavy atom. The van der Waals surface area contributed by atoms with Gasteiger partial charge in [-0.3, -0.25) is 19.8 Å². The normalized spacial score (nSPS) is 22.6. The van der Waals surface area contributed by atoms with E-state index in [1.807, 2.05) is 6.92 Å². The van der Waals surface area contributed by atoms with Gasteiger partial charge in [0.25, 0.3) is 11.9 Å². The average molecular weight is 570 g/mol. The van der Waals surface area contributed by atoms with Crippen LogP contribution in [-0.2, 0) is 16.9 Å². The summed E-state index contributed by atoms with van der Waals surface area (Å²) in [5, 5.41) is 15.4. The molecule has 2 aliphatic heterocycles. The molecule has 0 aliphatic carbocycles. The molecule has 0 radical (unpaired) electrons. The second kappa shape index (κ2) is 9.75. The molecule has 5 rings (SSSR count). The SMILES string of the molecule is CCOc1cc([C@@H]2CN(C)[C@@]3(C(=O)Nc4ccccc43)[C@@H]2[N+](=O)[O-])cc(Br)c1OCc1ccccc1F. The molecule has 192 valence electrons. The maximum Gasteiger partial charge on any atom is 0.256 e. The van der Waals surface area contributed by atoms with E-state index in [1.165, 1.54) is 6.07 Å². The minimum atomic E-state index is -1.44. The number of likely N-dealkylation sites (N-methyl/N-ethyl adjacent to an activating group) is 1. The molecule has 0 aromatic heterocycles. The van der Waals surface area contributed by atoms with E-state index in [1.54, 1.807) is 66.5 Å². The molecular weight excluding hydrogens is 545 g/mol. The Morgan fingerprint density at radius 1 is 1.19 bits per heavy atom. The van der Waals surface area contributed by atoms with Crippen LogP contribution in [-0.4, -0.2) is 42.0 Å². The van der Waals surface area contributed by atoms with Gasteiger partial charge in [-0.1, -0.05) is 36.4 Å². The number of hydrogen-bond acceptors (Lipinski definition) is 6. The first-order chi connectivity index (χ1) is 17.8. The van der Waals surface area contributed by atoms with Crippen molar-refractivity contribution in [2.24, 2.45) is 0 Å². The number of halogens is 2. The van der Waals surface area contributed by atoms with Crippen molar-refractivity contribution in [3.63, 3.8) is 0 Å². The van der Waals surface area contributed by atoms with Crippen LogP contribution in [0.4, 0.5) is 10.1 Å². The number of nitrogens with zero attached hydrogens (tertiary/aromatic N) is 2. The minimum Gasteiger partial charge on any atom is -0.490 e. The summed E-state index contributed by atoms with van der Waals surface area (Å²) in [7, 11) is 1.74. The fourth-order valence-corrected chi connectivity index (χ4v) is 6.12. The van der Waals surface area contributed by atoms with Crippen molar-refractivity contribution < 1.29 is 23.6 Å². The first kappa shape index (κ1) is 25.2. The molecule has 2 aliphatic rings. The number of carbonyl (C=O) groups is 1. The van der Waals surface area contributed by atoms with Crippen molar-refractivity contribution in [3.05, 3.63) is 97.8 Å². The Balaban J connectivity index is 1.55. The molecule has 1 fully saturated rings. The van der Waals surface area contributed by atoms with E-state index in [0.29, 0.717) is 45.0 Å². The summed E-state index contributed by atoms with van der Waals surface area (Å²) < 4.78 is 26.4. The van der Waals surface area contributed by atoms with Gasteiger partial charge < -0.3 is 14.8 Å². The Bertz CT molecular complexity index is 1390. The second-order valence-corrected chi connectivity index (χ2v) is 9.98. The number of benzene rings is 3. The molecule has 0 bridgehead atoms. The fourth-order valence-electron chi connectivity index (χ4n) is 5.55. The molecule has 3 aromatic rings. The van der Waals surface area contributed by atoms with Gasteiger partial charge >= 0.3 is 0 Å². The molecule has 3 atom stereocenters. The number of nitro groups is 1. The minimum absolute atomic E-state index is 0.0194. The highest BCUT2D eigenvalue weighted by atomic mass is 79.9. The van der Waals surface area contributed by atoms with Crippen LogP contribution >= 0.6 is 15.9 Å². The van der Waals surface area contributed by atoms with Gasteiger partial charge in [-0.25, -0.2) is 4.39 Å². The predicted molar refractivity (Wildman–Crippen MR) is 139 cm³/mol. The summed E-state index contributed by atoms with van der Waals surface area (Å²) in [6.45, 7) is 2.41. The van der Waals surface area contributed by atoms with E-state index < -0.39 is 23.4 Å². The predicted octanol–water partition coefficient (Wildman–Crippen LogP) is 5.09. The van der Waals surface area contributed by atoms with Gasteiger partial charge in [-0.15, -0.1) is 0 Å². The molecular formula is C27H25BrFN3O5. The third-order valence-corrected chi connectivity index (χ3v) is 7.72. The molecule has 0 unspecified atom stereocenters. The van der Waals surface area contributed by atoms with Crippen LogP contribution in [0.5, 0.6) is 11.5 Å². The Kier molecular flexibility index (Phi) is 6.63. The molecule has 37 heavy (non-hydrogen) atoms. The van der Waals surface area contributed by atoms with Crippen LogP contribution in [0.3, 0.4) is 0 Å². The van der Waals surface area contributed by atoms with Gasteiger partial charge in [0, 0.05) is 28.3 Å². The highest BCUT2D eigenvalue weighted by Gasteiger charge is 2.68. The van der Waals surface area contributed by atoms with Crippen LogP contribution < -0.4 is 14.8 Å². The van der Waals surface area contributed by atoms with Crippen LogP contribution in [0.25, 0.3) is 0 Å². The number of anilines is 1. The summed E-state index contributed by atoms with van der Waals surface area (Å²) in [6, 6.07) is 15.7. The number of rotatable bonds is 7. The zero-order valence-electron chi connectivity index (χ0n) is 20.2. The topological polar surface area (TPSA) is 93.9 Å². The highest BCUT2D eigenvalue weighted by Crippen LogP contribution is 2.53. The zero-order chi connectivity index (χ0) is 26.3. The first-order valence-electron chi connectivity index (χ1n) is 11.9. The zero-order valence-corrected chi connectivity index (χ0v) is 21.8. The van der Waals surface area contributed by atoms with Crippen molar-refractivity contribution in [2.45, 2.75) is 31.0 Å². The maximum absolute atomic E-state index is 14.1. The largest absolute Gasteiger partial charge is 0.490 e. The summed E-state index contributed by atoms with van der Waals surface area (Å²) in [4.78, 5) is 27.4. The highest BCUT2D eigenvalue weighted by molar-refractivity contribution is 9.10. The molecule has 1 saturated heterocycles. The Hall–Kier alpha value is -3.50. The second-order valence-electron chi connectivity index (χ2n) is 9.13. The number of fused-ring (bicyclic) bond motifs is 2. The number of carbonyl (C=O) groups excluding carboxylic acids is 1. The summed E-state index contributed by atoms with van der Waals surface area (Å²) >= 11 is 3.53. The van der Waals surface area contributed by atoms with Crippen LogP contribution in [0.1, 0.15) is 29.5 Å². The van der Waals surface area contributed by atoms with Gasteiger partial charge in [0.1, 0.15) is 12.4 Å². The number of para-hydroxylation sites is 1. The van der Waals surface area contributed by atoms with E-state index in [2.05, 4.69) is 21.2 Å². The molecule has 1 amide bonds.